The molecule has 0 radical (unpaired) electrons. The highest BCUT2D eigenvalue weighted by Crippen LogP contribution is 2.27. The molecule has 0 saturated heterocycles. The van der Waals surface area contributed by atoms with Crippen molar-refractivity contribution >= 4 is 23.3 Å². The van der Waals surface area contributed by atoms with Gasteiger partial charge in [0, 0.05) is 5.02 Å². The predicted octanol–water partition coefficient (Wildman–Crippen LogP) is 3.10. The van der Waals surface area contributed by atoms with Crippen LogP contribution in [0.3, 0.4) is 0 Å². The van der Waals surface area contributed by atoms with E-state index in [2.05, 4.69) is 5.32 Å². The summed E-state index contributed by atoms with van der Waals surface area (Å²) in [5, 5.41) is 3.52. The van der Waals surface area contributed by atoms with Crippen molar-refractivity contribution in [3.05, 3.63) is 23.2 Å². The smallest absolute Gasteiger partial charge is 0.325 e. The highest BCUT2D eigenvalue weighted by Gasteiger charge is 2.16. The lowest BCUT2D eigenvalue weighted by Crippen LogP contribution is -2.28. The second-order valence-corrected chi connectivity index (χ2v) is 5.22. The Labute approximate surface area is 112 Å². The van der Waals surface area contributed by atoms with Crippen LogP contribution in [0.4, 0.5) is 5.69 Å². The number of nitrogens with one attached hydrogen (secondary N) is 1. The van der Waals surface area contributed by atoms with Crippen LogP contribution in [0.2, 0.25) is 5.02 Å². The van der Waals surface area contributed by atoms with Crippen molar-refractivity contribution < 1.29 is 14.3 Å². The SMILES string of the molecule is COc1ccc(Cl)cc1NCC(=O)OC(C)(C)C. The number of anilines is 1. The van der Waals surface area contributed by atoms with Gasteiger partial charge in [-0.05, 0) is 39.0 Å². The van der Waals surface area contributed by atoms with Gasteiger partial charge in [-0.25, -0.2) is 0 Å². The van der Waals surface area contributed by atoms with Gasteiger partial charge in [0.05, 0.1) is 12.8 Å². The third-order valence-electron chi connectivity index (χ3n) is 2.00. The molecule has 0 aliphatic rings. The molecule has 1 aromatic rings. The molecule has 4 nitrogen and oxygen atoms in total. The number of rotatable bonds is 4. The fraction of sp³-hybridized carbons (Fsp3) is 0.462. The summed E-state index contributed by atoms with van der Waals surface area (Å²) in [6.45, 7) is 5.54. The summed E-state index contributed by atoms with van der Waals surface area (Å²) in [5.74, 6) is 0.299. The number of carbonyl (C=O) groups is 1. The Balaban J connectivity index is 2.63. The molecule has 0 aromatic heterocycles. The van der Waals surface area contributed by atoms with Gasteiger partial charge in [-0.2, -0.15) is 0 Å². The fourth-order valence-corrected chi connectivity index (χ4v) is 1.54. The first kappa shape index (κ1) is 14.6. The molecule has 0 saturated carbocycles. The molecule has 100 valence electrons. The van der Waals surface area contributed by atoms with Gasteiger partial charge in [0.15, 0.2) is 0 Å². The molecule has 0 bridgehead atoms. The number of carbonyl (C=O) groups excluding carboxylic acids is 1. The monoisotopic (exact) mass is 271 g/mol. The van der Waals surface area contributed by atoms with Gasteiger partial charge in [0.2, 0.25) is 0 Å². The molecule has 0 atom stereocenters. The van der Waals surface area contributed by atoms with Crippen LogP contribution in [0.25, 0.3) is 0 Å². The number of ether oxygens (including phenoxy) is 2. The summed E-state index contributed by atoms with van der Waals surface area (Å²) < 4.78 is 10.3. The zero-order valence-corrected chi connectivity index (χ0v) is 11.8. The van der Waals surface area contributed by atoms with Crippen molar-refractivity contribution in [3.63, 3.8) is 0 Å². The van der Waals surface area contributed by atoms with Crippen LogP contribution in [0.5, 0.6) is 5.75 Å². The quantitative estimate of drug-likeness (QED) is 0.855. The first-order chi connectivity index (χ1) is 8.31. The highest BCUT2D eigenvalue weighted by molar-refractivity contribution is 6.30. The van der Waals surface area contributed by atoms with Crippen LogP contribution in [0.1, 0.15) is 20.8 Å². The van der Waals surface area contributed by atoms with Crippen molar-refractivity contribution in [2.75, 3.05) is 19.0 Å². The number of benzene rings is 1. The van der Waals surface area contributed by atoms with Crippen LogP contribution in [-0.2, 0) is 9.53 Å². The molecule has 0 unspecified atom stereocenters. The number of hydrogen-bond donors (Lipinski definition) is 1. The predicted molar refractivity (Wildman–Crippen MR) is 72.3 cm³/mol. The normalized spacial score (nSPS) is 10.9. The molecule has 1 N–H and O–H groups in total. The van der Waals surface area contributed by atoms with Gasteiger partial charge in [0.25, 0.3) is 0 Å². The molecule has 0 spiro atoms. The number of hydrogen-bond acceptors (Lipinski definition) is 4. The van der Waals surface area contributed by atoms with Gasteiger partial charge < -0.3 is 14.8 Å². The van der Waals surface area contributed by atoms with E-state index in [1.165, 1.54) is 0 Å². The molecule has 18 heavy (non-hydrogen) atoms. The lowest BCUT2D eigenvalue weighted by atomic mass is 10.2. The number of esters is 1. The van der Waals surface area contributed by atoms with E-state index in [1.807, 2.05) is 20.8 Å². The lowest BCUT2D eigenvalue weighted by molar-refractivity contribution is -0.152. The van der Waals surface area contributed by atoms with Crippen molar-refractivity contribution in [2.45, 2.75) is 26.4 Å². The molecule has 5 heteroatoms. The lowest BCUT2D eigenvalue weighted by Gasteiger charge is -2.20. The van der Waals surface area contributed by atoms with Crippen LogP contribution < -0.4 is 10.1 Å². The van der Waals surface area contributed by atoms with Crippen LogP contribution in [0, 0.1) is 0 Å². The minimum Gasteiger partial charge on any atom is -0.495 e. The third kappa shape index (κ3) is 4.84. The average Bonchev–Trinajstić information content (AvgIpc) is 2.24. The summed E-state index contributed by atoms with van der Waals surface area (Å²) in [4.78, 5) is 11.6. The van der Waals surface area contributed by atoms with Crippen LogP contribution >= 0.6 is 11.6 Å². The van der Waals surface area contributed by atoms with E-state index in [9.17, 15) is 4.79 Å². The maximum absolute atomic E-state index is 11.6. The topological polar surface area (TPSA) is 47.6 Å². The van der Waals surface area contributed by atoms with Gasteiger partial charge >= 0.3 is 5.97 Å². The highest BCUT2D eigenvalue weighted by atomic mass is 35.5. The summed E-state index contributed by atoms with van der Waals surface area (Å²) in [7, 11) is 1.56. The Kier molecular flexibility index (Phi) is 4.84. The van der Waals surface area contributed by atoms with E-state index in [-0.39, 0.29) is 12.5 Å². The maximum atomic E-state index is 11.6. The minimum absolute atomic E-state index is 0.0635. The molecule has 0 amide bonds. The van der Waals surface area contributed by atoms with E-state index in [0.29, 0.717) is 16.5 Å². The molecule has 0 aliphatic carbocycles. The molecule has 0 fully saturated rings. The summed E-state index contributed by atoms with van der Waals surface area (Å²) >= 11 is 5.88. The van der Waals surface area contributed by atoms with Crippen LogP contribution in [0.15, 0.2) is 18.2 Å². The fourth-order valence-electron chi connectivity index (χ4n) is 1.36. The van der Waals surface area contributed by atoms with E-state index < -0.39 is 5.60 Å². The van der Waals surface area contributed by atoms with Gasteiger partial charge in [-0.1, -0.05) is 11.6 Å². The van der Waals surface area contributed by atoms with Crippen molar-refractivity contribution in [1.82, 2.24) is 0 Å². The van der Waals surface area contributed by atoms with Gasteiger partial charge in [0.1, 0.15) is 17.9 Å². The van der Waals surface area contributed by atoms with Crippen molar-refractivity contribution in [2.24, 2.45) is 0 Å². The Bertz CT molecular complexity index is 427. The van der Waals surface area contributed by atoms with Crippen molar-refractivity contribution in [1.29, 1.82) is 0 Å². The summed E-state index contributed by atoms with van der Waals surface area (Å²) in [5.41, 5.74) is 0.174. The zero-order valence-electron chi connectivity index (χ0n) is 11.0. The van der Waals surface area contributed by atoms with Gasteiger partial charge in [-0.15, -0.1) is 0 Å². The molecular formula is C13H18ClNO3. The van der Waals surface area contributed by atoms with Crippen LogP contribution in [-0.4, -0.2) is 25.2 Å². The second kappa shape index (κ2) is 5.96. The molecule has 0 heterocycles. The van der Waals surface area contributed by atoms with E-state index in [1.54, 1.807) is 25.3 Å². The number of halogens is 1. The minimum atomic E-state index is -0.489. The molecule has 0 aliphatic heterocycles. The molecule has 1 rings (SSSR count). The van der Waals surface area contributed by atoms with E-state index >= 15 is 0 Å². The Morgan fingerprint density at radius 1 is 1.39 bits per heavy atom. The molecule has 1 aromatic carbocycles. The van der Waals surface area contributed by atoms with E-state index in [0.717, 1.165) is 0 Å². The summed E-state index contributed by atoms with van der Waals surface area (Å²) in [6, 6.07) is 5.16. The van der Waals surface area contributed by atoms with E-state index in [4.69, 9.17) is 21.1 Å². The first-order valence-electron chi connectivity index (χ1n) is 5.61. The Morgan fingerprint density at radius 3 is 2.61 bits per heavy atom. The Morgan fingerprint density at radius 2 is 2.06 bits per heavy atom. The zero-order chi connectivity index (χ0) is 13.8. The first-order valence-corrected chi connectivity index (χ1v) is 5.99. The van der Waals surface area contributed by atoms with Gasteiger partial charge in [-0.3, -0.25) is 4.79 Å². The second-order valence-electron chi connectivity index (χ2n) is 4.78. The van der Waals surface area contributed by atoms with Crippen molar-refractivity contribution in [3.8, 4) is 5.75 Å². The third-order valence-corrected chi connectivity index (χ3v) is 2.24. The maximum Gasteiger partial charge on any atom is 0.325 e. The molecular weight excluding hydrogens is 254 g/mol. The standard InChI is InChI=1S/C13H18ClNO3/c1-13(2,3)18-12(16)8-15-10-7-9(14)5-6-11(10)17-4/h5-7,15H,8H2,1-4H3. The summed E-state index contributed by atoms with van der Waals surface area (Å²) in [6.07, 6.45) is 0. The Hall–Kier alpha value is -1.42. The largest absolute Gasteiger partial charge is 0.495 e. The number of methoxy groups -OCH3 is 1. The average molecular weight is 272 g/mol.